The Morgan fingerprint density at radius 2 is 2.00 bits per heavy atom. The maximum atomic E-state index is 12.7. The maximum absolute atomic E-state index is 12.7. The van der Waals surface area contributed by atoms with E-state index in [9.17, 15) is 4.39 Å². The molecule has 1 nitrogen and oxygen atoms in total. The molecule has 1 aromatic heterocycles. The summed E-state index contributed by atoms with van der Waals surface area (Å²) >= 11 is 0. The zero-order valence-electron chi connectivity index (χ0n) is 6.71. The van der Waals surface area contributed by atoms with Gasteiger partial charge in [0.1, 0.15) is 0 Å². The van der Waals surface area contributed by atoms with Crippen molar-refractivity contribution in [2.45, 2.75) is 6.92 Å². The minimum absolute atomic E-state index is 0.423. The molecule has 0 saturated carbocycles. The molecule has 0 aliphatic heterocycles. The topological polar surface area (TPSA) is 12.9 Å². The number of hydrogen-bond acceptors (Lipinski definition) is 1. The molecule has 0 fully saturated rings. The molecule has 0 unspecified atom stereocenters. The molecule has 0 radical (unpaired) electrons. The number of aryl methyl sites for hydroxylation is 1. The van der Waals surface area contributed by atoms with Gasteiger partial charge in [0.15, 0.2) is 0 Å². The highest BCUT2D eigenvalue weighted by molar-refractivity contribution is 5.82. The summed E-state index contributed by atoms with van der Waals surface area (Å²) in [5, 5.41) is 1.88. The molecule has 60 valence electrons. The van der Waals surface area contributed by atoms with Crippen molar-refractivity contribution in [1.82, 2.24) is 4.98 Å². The average molecular weight is 161 g/mol. The fourth-order valence-corrected chi connectivity index (χ4v) is 1.23. The van der Waals surface area contributed by atoms with Crippen LogP contribution in [0.25, 0.3) is 10.8 Å². The minimum Gasteiger partial charge on any atom is -0.228 e. The molecule has 2 aromatic rings. The van der Waals surface area contributed by atoms with Crippen LogP contribution in [-0.2, 0) is 0 Å². The standard InChI is InChI=1S/C10H8FN/c1-7-2-3-8-6-12-10(11)5-9(8)4-7/h2-6H,1H3. The van der Waals surface area contributed by atoms with Crippen LogP contribution in [0.2, 0.25) is 0 Å². The molecule has 1 aromatic carbocycles. The Balaban J connectivity index is 2.80. The fraction of sp³-hybridized carbons (Fsp3) is 0.100. The number of fused-ring (bicyclic) bond motifs is 1. The lowest BCUT2D eigenvalue weighted by molar-refractivity contribution is 0.586. The van der Waals surface area contributed by atoms with Gasteiger partial charge in [-0.2, -0.15) is 4.39 Å². The van der Waals surface area contributed by atoms with Gasteiger partial charge in [-0.25, -0.2) is 4.98 Å². The highest BCUT2D eigenvalue weighted by Crippen LogP contribution is 2.14. The largest absolute Gasteiger partial charge is 0.228 e. The van der Waals surface area contributed by atoms with Gasteiger partial charge < -0.3 is 0 Å². The van der Waals surface area contributed by atoms with Gasteiger partial charge in [-0.3, -0.25) is 0 Å². The third-order valence-corrected chi connectivity index (χ3v) is 1.84. The highest BCUT2D eigenvalue weighted by Gasteiger charge is 1.95. The zero-order valence-corrected chi connectivity index (χ0v) is 6.71. The van der Waals surface area contributed by atoms with E-state index in [0.29, 0.717) is 0 Å². The second-order valence-electron chi connectivity index (χ2n) is 2.86. The molecule has 0 N–H and O–H groups in total. The van der Waals surface area contributed by atoms with Gasteiger partial charge in [0.05, 0.1) is 0 Å². The summed E-state index contributed by atoms with van der Waals surface area (Å²) in [6.07, 6.45) is 1.55. The van der Waals surface area contributed by atoms with Crippen LogP contribution in [0.15, 0.2) is 30.5 Å². The molecule has 12 heavy (non-hydrogen) atoms. The summed E-state index contributed by atoms with van der Waals surface area (Å²) in [4.78, 5) is 3.57. The molecule has 0 aliphatic rings. The van der Waals surface area contributed by atoms with Crippen molar-refractivity contribution in [1.29, 1.82) is 0 Å². The van der Waals surface area contributed by atoms with E-state index in [-0.39, 0.29) is 0 Å². The van der Waals surface area contributed by atoms with Crippen molar-refractivity contribution < 1.29 is 4.39 Å². The van der Waals surface area contributed by atoms with Crippen molar-refractivity contribution in [2.24, 2.45) is 0 Å². The van der Waals surface area contributed by atoms with Crippen molar-refractivity contribution in [3.8, 4) is 0 Å². The van der Waals surface area contributed by atoms with E-state index in [4.69, 9.17) is 0 Å². The van der Waals surface area contributed by atoms with Gasteiger partial charge >= 0.3 is 0 Å². The summed E-state index contributed by atoms with van der Waals surface area (Å²) in [5.41, 5.74) is 1.13. The summed E-state index contributed by atoms with van der Waals surface area (Å²) in [7, 11) is 0. The van der Waals surface area contributed by atoms with Crippen LogP contribution in [0.1, 0.15) is 5.56 Å². The number of rotatable bonds is 0. The van der Waals surface area contributed by atoms with Crippen molar-refractivity contribution in [3.63, 3.8) is 0 Å². The molecule has 0 atom stereocenters. The summed E-state index contributed by atoms with van der Waals surface area (Å²) < 4.78 is 12.7. The number of nitrogens with zero attached hydrogens (tertiary/aromatic N) is 1. The van der Waals surface area contributed by atoms with Crippen LogP contribution in [-0.4, -0.2) is 4.98 Å². The first kappa shape index (κ1) is 7.22. The predicted molar refractivity (Wildman–Crippen MR) is 46.4 cm³/mol. The van der Waals surface area contributed by atoms with Gasteiger partial charge in [0, 0.05) is 17.6 Å². The van der Waals surface area contributed by atoms with E-state index in [1.54, 1.807) is 6.20 Å². The molecule has 1 heterocycles. The molecule has 0 bridgehead atoms. The molecule has 0 aliphatic carbocycles. The van der Waals surface area contributed by atoms with Gasteiger partial charge in [0.25, 0.3) is 0 Å². The van der Waals surface area contributed by atoms with Crippen LogP contribution in [0, 0.1) is 12.9 Å². The van der Waals surface area contributed by atoms with E-state index in [2.05, 4.69) is 4.98 Å². The minimum atomic E-state index is -0.423. The fourth-order valence-electron chi connectivity index (χ4n) is 1.23. The summed E-state index contributed by atoms with van der Waals surface area (Å²) in [6, 6.07) is 7.32. The Bertz CT molecular complexity index is 386. The molecule has 2 rings (SSSR count). The predicted octanol–water partition coefficient (Wildman–Crippen LogP) is 2.68. The van der Waals surface area contributed by atoms with E-state index in [0.717, 1.165) is 16.3 Å². The molecular formula is C10H8FN. The number of halogens is 1. The Morgan fingerprint density at radius 1 is 1.17 bits per heavy atom. The summed E-state index contributed by atoms with van der Waals surface area (Å²) in [6.45, 7) is 1.98. The third kappa shape index (κ3) is 1.16. The normalized spacial score (nSPS) is 10.5. The number of aromatic nitrogens is 1. The van der Waals surface area contributed by atoms with Crippen LogP contribution in [0.3, 0.4) is 0 Å². The number of hydrogen-bond donors (Lipinski definition) is 0. The second-order valence-corrected chi connectivity index (χ2v) is 2.86. The SMILES string of the molecule is Cc1ccc2cnc(F)cc2c1. The van der Waals surface area contributed by atoms with Crippen LogP contribution >= 0.6 is 0 Å². The van der Waals surface area contributed by atoms with Crippen molar-refractivity contribution in [2.75, 3.05) is 0 Å². The Hall–Kier alpha value is -1.44. The molecule has 2 heteroatoms. The lowest BCUT2D eigenvalue weighted by atomic mass is 10.1. The smallest absolute Gasteiger partial charge is 0.213 e. The Kier molecular flexibility index (Phi) is 1.54. The van der Waals surface area contributed by atoms with Crippen LogP contribution < -0.4 is 0 Å². The third-order valence-electron chi connectivity index (χ3n) is 1.84. The van der Waals surface area contributed by atoms with E-state index in [1.807, 2.05) is 25.1 Å². The first-order chi connectivity index (χ1) is 5.75. The van der Waals surface area contributed by atoms with Gasteiger partial charge in [0.2, 0.25) is 5.95 Å². The number of benzene rings is 1. The first-order valence-electron chi connectivity index (χ1n) is 3.77. The number of pyridine rings is 1. The van der Waals surface area contributed by atoms with Gasteiger partial charge in [-0.1, -0.05) is 23.8 Å². The molecular weight excluding hydrogens is 153 g/mol. The van der Waals surface area contributed by atoms with Gasteiger partial charge in [-0.05, 0) is 12.3 Å². The molecule has 0 amide bonds. The van der Waals surface area contributed by atoms with Gasteiger partial charge in [-0.15, -0.1) is 0 Å². The quantitative estimate of drug-likeness (QED) is 0.541. The molecule has 0 spiro atoms. The van der Waals surface area contributed by atoms with Crippen molar-refractivity contribution in [3.05, 3.63) is 42.0 Å². The van der Waals surface area contributed by atoms with Crippen LogP contribution in [0.5, 0.6) is 0 Å². The van der Waals surface area contributed by atoms with E-state index < -0.39 is 5.95 Å². The lowest BCUT2D eigenvalue weighted by Crippen LogP contribution is -1.82. The van der Waals surface area contributed by atoms with Crippen LogP contribution in [0.4, 0.5) is 4.39 Å². The summed E-state index contributed by atoms with van der Waals surface area (Å²) in [5.74, 6) is -0.423. The maximum Gasteiger partial charge on any atom is 0.213 e. The Labute approximate surface area is 69.9 Å². The highest BCUT2D eigenvalue weighted by atomic mass is 19.1. The second kappa shape index (κ2) is 2.55. The first-order valence-corrected chi connectivity index (χ1v) is 3.77. The van der Waals surface area contributed by atoms with Crippen molar-refractivity contribution >= 4 is 10.8 Å². The molecule has 0 saturated heterocycles. The monoisotopic (exact) mass is 161 g/mol. The lowest BCUT2D eigenvalue weighted by Gasteiger charge is -1.97. The Morgan fingerprint density at radius 3 is 2.83 bits per heavy atom. The van der Waals surface area contributed by atoms with E-state index in [1.165, 1.54) is 6.07 Å². The van der Waals surface area contributed by atoms with E-state index >= 15 is 0 Å². The zero-order chi connectivity index (χ0) is 8.55. The average Bonchev–Trinajstić information content (AvgIpc) is 2.03.